The molecule has 0 saturated carbocycles. The third-order valence-electron chi connectivity index (χ3n) is 4.79. The first-order chi connectivity index (χ1) is 13.4. The minimum atomic E-state index is 0.754. The topological polar surface area (TPSA) is 38.2 Å². The predicted octanol–water partition coefficient (Wildman–Crippen LogP) is 4.86. The van der Waals surface area contributed by atoms with Gasteiger partial charge < -0.3 is 9.64 Å². The minimum Gasteiger partial charge on any atom is -0.378 e. The van der Waals surface area contributed by atoms with Gasteiger partial charge in [-0.3, -0.25) is 0 Å². The van der Waals surface area contributed by atoms with E-state index in [1.165, 1.54) is 11.1 Å². The Hall–Kier alpha value is -2.76. The molecule has 4 aromatic rings. The summed E-state index contributed by atoms with van der Waals surface area (Å²) in [6, 6.07) is 23.0. The third-order valence-corrected chi connectivity index (χ3v) is 5.92. The van der Waals surface area contributed by atoms with E-state index in [1.54, 1.807) is 11.3 Å². The molecule has 0 unspecified atom stereocenters. The lowest BCUT2D eigenvalue weighted by molar-refractivity contribution is 0.122. The van der Waals surface area contributed by atoms with Crippen LogP contribution in [0, 0.1) is 0 Å². The summed E-state index contributed by atoms with van der Waals surface area (Å²) < 4.78 is 6.63. The van der Waals surface area contributed by atoms with Crippen LogP contribution in [-0.4, -0.2) is 36.3 Å². The van der Waals surface area contributed by atoms with E-state index in [0.717, 1.165) is 53.0 Å². The molecule has 4 nitrogen and oxygen atoms in total. The first-order valence-corrected chi connectivity index (χ1v) is 9.95. The quantitative estimate of drug-likeness (QED) is 0.514. The van der Waals surface area contributed by atoms with Crippen LogP contribution in [0.4, 0.5) is 5.13 Å². The second-order valence-electron chi connectivity index (χ2n) is 6.54. The SMILES string of the molecule is c1ccc(-c2cc(-c3ccccc3)c3sc(N4CCOCC4)nc3n2)cc1. The Balaban J connectivity index is 1.70. The molecule has 0 N–H and O–H groups in total. The fraction of sp³-hybridized carbons (Fsp3) is 0.182. The lowest BCUT2D eigenvalue weighted by Crippen LogP contribution is -2.36. The van der Waals surface area contributed by atoms with Crippen LogP contribution in [0.5, 0.6) is 0 Å². The van der Waals surface area contributed by atoms with Crippen molar-refractivity contribution in [1.82, 2.24) is 9.97 Å². The number of fused-ring (bicyclic) bond motifs is 1. The molecule has 0 bridgehead atoms. The largest absolute Gasteiger partial charge is 0.378 e. The first-order valence-electron chi connectivity index (χ1n) is 9.13. The van der Waals surface area contributed by atoms with Crippen molar-refractivity contribution in [3.63, 3.8) is 0 Å². The van der Waals surface area contributed by atoms with Gasteiger partial charge >= 0.3 is 0 Å². The highest BCUT2D eigenvalue weighted by molar-refractivity contribution is 7.22. The van der Waals surface area contributed by atoms with Crippen LogP contribution in [-0.2, 0) is 4.74 Å². The summed E-state index contributed by atoms with van der Waals surface area (Å²) in [4.78, 5) is 12.1. The van der Waals surface area contributed by atoms with Gasteiger partial charge in [-0.2, -0.15) is 4.98 Å². The van der Waals surface area contributed by atoms with Crippen molar-refractivity contribution in [2.24, 2.45) is 0 Å². The van der Waals surface area contributed by atoms with Crippen LogP contribution in [0.15, 0.2) is 66.7 Å². The zero-order valence-corrected chi connectivity index (χ0v) is 15.7. The molecule has 3 heterocycles. The summed E-state index contributed by atoms with van der Waals surface area (Å²) in [6.07, 6.45) is 0. The number of benzene rings is 2. The molecule has 1 aliphatic rings. The van der Waals surface area contributed by atoms with Gasteiger partial charge in [0.15, 0.2) is 10.8 Å². The fourth-order valence-corrected chi connectivity index (χ4v) is 4.48. The number of hydrogen-bond acceptors (Lipinski definition) is 5. The molecule has 1 saturated heterocycles. The number of ether oxygens (including phenoxy) is 1. The van der Waals surface area contributed by atoms with Crippen LogP contribution in [0.1, 0.15) is 0 Å². The van der Waals surface area contributed by atoms with Gasteiger partial charge in [-0.05, 0) is 11.6 Å². The maximum absolute atomic E-state index is 5.48. The Morgan fingerprint density at radius 2 is 1.48 bits per heavy atom. The highest BCUT2D eigenvalue weighted by Crippen LogP contribution is 2.38. The van der Waals surface area contributed by atoms with E-state index in [-0.39, 0.29) is 0 Å². The second kappa shape index (κ2) is 7.10. The van der Waals surface area contributed by atoms with Gasteiger partial charge in [-0.1, -0.05) is 72.0 Å². The van der Waals surface area contributed by atoms with E-state index in [9.17, 15) is 0 Å². The summed E-state index contributed by atoms with van der Waals surface area (Å²) in [5, 5.41) is 1.03. The Morgan fingerprint density at radius 1 is 0.815 bits per heavy atom. The zero-order valence-electron chi connectivity index (χ0n) is 14.8. The Kier molecular flexibility index (Phi) is 4.32. The molecule has 5 rings (SSSR count). The van der Waals surface area contributed by atoms with Crippen LogP contribution in [0.2, 0.25) is 0 Å². The van der Waals surface area contributed by atoms with Gasteiger partial charge in [0, 0.05) is 24.2 Å². The Labute approximate surface area is 162 Å². The molecule has 0 amide bonds. The minimum absolute atomic E-state index is 0.754. The van der Waals surface area contributed by atoms with Crippen LogP contribution >= 0.6 is 11.3 Å². The van der Waals surface area contributed by atoms with E-state index in [2.05, 4.69) is 47.4 Å². The maximum atomic E-state index is 5.48. The number of nitrogens with zero attached hydrogens (tertiary/aromatic N) is 3. The summed E-state index contributed by atoms with van der Waals surface area (Å²) in [5.74, 6) is 0. The lowest BCUT2D eigenvalue weighted by Gasteiger charge is -2.25. The average molecular weight is 373 g/mol. The smallest absolute Gasteiger partial charge is 0.188 e. The molecule has 0 spiro atoms. The highest BCUT2D eigenvalue weighted by Gasteiger charge is 2.19. The maximum Gasteiger partial charge on any atom is 0.188 e. The number of hydrogen-bond donors (Lipinski definition) is 0. The Bertz CT molecular complexity index is 1060. The van der Waals surface area contributed by atoms with Gasteiger partial charge in [0.2, 0.25) is 0 Å². The van der Waals surface area contributed by atoms with Crippen LogP contribution in [0.25, 0.3) is 32.7 Å². The molecule has 1 aliphatic heterocycles. The predicted molar refractivity (Wildman–Crippen MR) is 111 cm³/mol. The fourth-order valence-electron chi connectivity index (χ4n) is 3.38. The number of thiazole rings is 1. The highest BCUT2D eigenvalue weighted by atomic mass is 32.1. The van der Waals surface area contributed by atoms with E-state index < -0.39 is 0 Å². The molecule has 1 fully saturated rings. The molecule has 2 aromatic carbocycles. The molecule has 5 heteroatoms. The first kappa shape index (κ1) is 16.4. The second-order valence-corrected chi connectivity index (χ2v) is 7.51. The number of pyridine rings is 1. The van der Waals surface area contributed by atoms with Crippen molar-refractivity contribution in [1.29, 1.82) is 0 Å². The van der Waals surface area contributed by atoms with Crippen molar-refractivity contribution in [2.45, 2.75) is 0 Å². The summed E-state index contributed by atoms with van der Waals surface area (Å²) in [6.45, 7) is 3.27. The molecule has 0 aliphatic carbocycles. The van der Waals surface area contributed by atoms with Crippen molar-refractivity contribution < 1.29 is 4.74 Å². The van der Waals surface area contributed by atoms with Crippen LogP contribution < -0.4 is 4.90 Å². The molecule has 134 valence electrons. The van der Waals surface area contributed by atoms with Crippen molar-refractivity contribution in [3.8, 4) is 22.4 Å². The van der Waals surface area contributed by atoms with E-state index in [1.807, 2.05) is 24.3 Å². The number of anilines is 1. The number of morpholine rings is 1. The zero-order chi connectivity index (χ0) is 18.1. The normalized spacial score (nSPS) is 14.6. The summed E-state index contributed by atoms with van der Waals surface area (Å²) >= 11 is 1.73. The van der Waals surface area contributed by atoms with Gasteiger partial charge in [0.25, 0.3) is 0 Å². The molecular weight excluding hydrogens is 354 g/mol. The summed E-state index contributed by atoms with van der Waals surface area (Å²) in [5.41, 5.74) is 5.27. The van der Waals surface area contributed by atoms with Crippen LogP contribution in [0.3, 0.4) is 0 Å². The molecule has 2 aromatic heterocycles. The lowest BCUT2D eigenvalue weighted by atomic mass is 10.0. The number of aromatic nitrogens is 2. The van der Waals surface area contributed by atoms with E-state index >= 15 is 0 Å². The molecule has 27 heavy (non-hydrogen) atoms. The number of rotatable bonds is 3. The summed E-state index contributed by atoms with van der Waals surface area (Å²) in [7, 11) is 0. The third kappa shape index (κ3) is 3.20. The molecule has 0 atom stereocenters. The van der Waals surface area contributed by atoms with E-state index in [4.69, 9.17) is 14.7 Å². The average Bonchev–Trinajstić information content (AvgIpc) is 3.19. The van der Waals surface area contributed by atoms with Crippen molar-refractivity contribution >= 4 is 26.8 Å². The van der Waals surface area contributed by atoms with Gasteiger partial charge in [-0.25, -0.2) is 4.98 Å². The van der Waals surface area contributed by atoms with Crippen molar-refractivity contribution in [2.75, 3.05) is 31.2 Å². The molecule has 0 radical (unpaired) electrons. The van der Waals surface area contributed by atoms with Gasteiger partial charge in [0.05, 0.1) is 23.6 Å². The monoisotopic (exact) mass is 373 g/mol. The standard InChI is InChI=1S/C22H19N3OS/c1-3-7-16(8-4-1)18-15-19(17-9-5-2-6-10-17)23-21-20(18)27-22(24-21)25-11-13-26-14-12-25/h1-10,15H,11-14H2. The van der Waals surface area contributed by atoms with Gasteiger partial charge in [0.1, 0.15) is 0 Å². The Morgan fingerprint density at radius 3 is 2.19 bits per heavy atom. The van der Waals surface area contributed by atoms with Gasteiger partial charge in [-0.15, -0.1) is 0 Å². The molecular formula is C22H19N3OS. The van der Waals surface area contributed by atoms with Crippen molar-refractivity contribution in [3.05, 3.63) is 66.7 Å². The van der Waals surface area contributed by atoms with E-state index in [0.29, 0.717) is 0 Å².